The molecule has 0 saturated heterocycles. The number of benzene rings is 4. The summed E-state index contributed by atoms with van der Waals surface area (Å²) in [5.41, 5.74) is 1.87. The third-order valence-electron chi connectivity index (χ3n) is 5.08. The second-order valence-corrected chi connectivity index (χ2v) is 9.18. The zero-order chi connectivity index (χ0) is 20.8. The topological polar surface area (TPSA) is 26.3 Å². The Morgan fingerprint density at radius 2 is 1.00 bits per heavy atom. The van der Waals surface area contributed by atoms with Crippen molar-refractivity contribution >= 4 is 29.8 Å². The predicted octanol–water partition coefficient (Wildman–Crippen LogP) is 4.75. The van der Waals surface area contributed by atoms with Gasteiger partial charge in [0.1, 0.15) is 5.92 Å². The van der Waals surface area contributed by atoms with E-state index in [-0.39, 0.29) is 5.97 Å². The lowest BCUT2D eigenvalue weighted by molar-refractivity contribution is -0.141. The van der Waals surface area contributed by atoms with Crippen LogP contribution in [0.3, 0.4) is 0 Å². The summed E-state index contributed by atoms with van der Waals surface area (Å²) in [6.07, 6.45) is 0. The standard InChI is InChI=1S/C27H23O2P/c1-29-27(28)26(21-11-5-2-6-12-21)22-17-19-25(20-18-22)30(23-13-7-3-8-14-23)24-15-9-4-10-16-24/h2-20,26H,1H3. The summed E-state index contributed by atoms with van der Waals surface area (Å²) >= 11 is 0. The van der Waals surface area contributed by atoms with Gasteiger partial charge in [-0.25, -0.2) is 0 Å². The monoisotopic (exact) mass is 410 g/mol. The van der Waals surface area contributed by atoms with Gasteiger partial charge in [0.25, 0.3) is 0 Å². The van der Waals surface area contributed by atoms with Crippen LogP contribution in [0.1, 0.15) is 17.0 Å². The molecule has 1 unspecified atom stereocenters. The van der Waals surface area contributed by atoms with Gasteiger partial charge in [-0.15, -0.1) is 0 Å². The Morgan fingerprint density at radius 3 is 1.47 bits per heavy atom. The molecule has 0 heterocycles. The highest BCUT2D eigenvalue weighted by atomic mass is 31.1. The van der Waals surface area contributed by atoms with Gasteiger partial charge in [0.2, 0.25) is 0 Å². The second kappa shape index (κ2) is 9.52. The maximum absolute atomic E-state index is 12.6. The first kappa shape index (κ1) is 20.1. The van der Waals surface area contributed by atoms with Crippen molar-refractivity contribution in [3.8, 4) is 0 Å². The van der Waals surface area contributed by atoms with E-state index in [2.05, 4.69) is 72.8 Å². The predicted molar refractivity (Wildman–Crippen MR) is 125 cm³/mol. The van der Waals surface area contributed by atoms with E-state index in [1.165, 1.54) is 23.0 Å². The Labute approximate surface area is 178 Å². The molecular weight excluding hydrogens is 387 g/mol. The number of rotatable bonds is 6. The van der Waals surface area contributed by atoms with Gasteiger partial charge in [0.05, 0.1) is 7.11 Å². The molecule has 0 aliphatic heterocycles. The van der Waals surface area contributed by atoms with E-state index in [0.29, 0.717) is 0 Å². The minimum atomic E-state index is -0.667. The Bertz CT molecular complexity index is 1040. The lowest BCUT2D eigenvalue weighted by atomic mass is 9.91. The van der Waals surface area contributed by atoms with Crippen molar-refractivity contribution in [3.05, 3.63) is 126 Å². The number of ether oxygens (including phenoxy) is 1. The smallest absolute Gasteiger partial charge is 0.317 e. The van der Waals surface area contributed by atoms with Crippen LogP contribution in [-0.2, 0) is 9.53 Å². The SMILES string of the molecule is COC(=O)C(c1ccccc1)c1ccc(P(c2ccccc2)c2ccccc2)cc1. The molecule has 4 aromatic carbocycles. The minimum Gasteiger partial charge on any atom is -0.468 e. The molecular formula is C27H23O2P. The summed E-state index contributed by atoms with van der Waals surface area (Å²) in [4.78, 5) is 12.6. The second-order valence-electron chi connectivity index (χ2n) is 6.96. The molecule has 0 amide bonds. The van der Waals surface area contributed by atoms with Gasteiger partial charge in [-0.1, -0.05) is 115 Å². The van der Waals surface area contributed by atoms with Crippen LogP contribution in [0.15, 0.2) is 115 Å². The van der Waals surface area contributed by atoms with Crippen LogP contribution in [-0.4, -0.2) is 13.1 Å². The summed E-state index contributed by atoms with van der Waals surface area (Å²) < 4.78 is 5.10. The molecule has 0 N–H and O–H groups in total. The molecule has 0 spiro atoms. The third-order valence-corrected chi connectivity index (χ3v) is 7.53. The molecule has 4 rings (SSSR count). The highest BCUT2D eigenvalue weighted by molar-refractivity contribution is 7.79. The van der Waals surface area contributed by atoms with Crippen LogP contribution < -0.4 is 15.9 Å². The summed E-state index contributed by atoms with van der Waals surface area (Å²) in [6, 6.07) is 39.4. The molecule has 0 radical (unpaired) electrons. The Hall–Kier alpha value is -3.22. The molecule has 0 aliphatic carbocycles. The Kier molecular flexibility index (Phi) is 6.37. The number of esters is 1. The quantitative estimate of drug-likeness (QED) is 0.339. The van der Waals surface area contributed by atoms with Crippen molar-refractivity contribution < 1.29 is 9.53 Å². The number of carbonyl (C=O) groups excluding carboxylic acids is 1. The highest BCUT2D eigenvalue weighted by Crippen LogP contribution is 2.34. The molecule has 1 atom stereocenters. The van der Waals surface area contributed by atoms with Crippen LogP contribution in [0.2, 0.25) is 0 Å². The Morgan fingerprint density at radius 1 is 0.600 bits per heavy atom. The zero-order valence-corrected chi connectivity index (χ0v) is 17.7. The van der Waals surface area contributed by atoms with E-state index in [1.807, 2.05) is 42.5 Å². The number of carbonyl (C=O) groups is 1. The lowest BCUT2D eigenvalue weighted by Gasteiger charge is -2.21. The van der Waals surface area contributed by atoms with E-state index in [0.717, 1.165) is 11.1 Å². The molecule has 3 heteroatoms. The van der Waals surface area contributed by atoms with Gasteiger partial charge in [-0.05, 0) is 35.0 Å². The maximum atomic E-state index is 12.6. The molecule has 0 bridgehead atoms. The summed E-state index contributed by atoms with van der Waals surface area (Å²) in [5, 5.41) is 3.86. The highest BCUT2D eigenvalue weighted by Gasteiger charge is 2.24. The first-order valence-corrected chi connectivity index (χ1v) is 11.2. The average Bonchev–Trinajstić information content (AvgIpc) is 2.82. The van der Waals surface area contributed by atoms with Crippen molar-refractivity contribution in [1.29, 1.82) is 0 Å². The van der Waals surface area contributed by atoms with E-state index >= 15 is 0 Å². The average molecular weight is 410 g/mol. The molecule has 30 heavy (non-hydrogen) atoms. The van der Waals surface area contributed by atoms with Crippen LogP contribution in [0, 0.1) is 0 Å². The van der Waals surface area contributed by atoms with Crippen molar-refractivity contribution in [2.24, 2.45) is 0 Å². The Balaban J connectivity index is 1.74. The van der Waals surface area contributed by atoms with Crippen molar-refractivity contribution in [2.45, 2.75) is 5.92 Å². The molecule has 0 saturated carbocycles. The fraction of sp³-hybridized carbons (Fsp3) is 0.0741. The van der Waals surface area contributed by atoms with Crippen LogP contribution in [0.5, 0.6) is 0 Å². The first-order chi connectivity index (χ1) is 14.8. The maximum Gasteiger partial charge on any atom is 0.317 e. The molecule has 0 aromatic heterocycles. The van der Waals surface area contributed by atoms with Crippen LogP contribution in [0.25, 0.3) is 0 Å². The summed E-state index contributed by atoms with van der Waals surface area (Å²) in [5.74, 6) is -0.674. The van der Waals surface area contributed by atoms with Gasteiger partial charge in [-0.3, -0.25) is 4.79 Å². The fourth-order valence-corrected chi connectivity index (χ4v) is 5.93. The van der Waals surface area contributed by atoms with Gasteiger partial charge < -0.3 is 4.74 Å². The van der Waals surface area contributed by atoms with Crippen molar-refractivity contribution in [2.75, 3.05) is 7.11 Å². The van der Waals surface area contributed by atoms with E-state index in [1.54, 1.807) is 0 Å². The summed E-state index contributed by atoms with van der Waals surface area (Å²) in [7, 11) is 0.774. The lowest BCUT2D eigenvalue weighted by Crippen LogP contribution is -2.21. The molecule has 4 aromatic rings. The van der Waals surface area contributed by atoms with Crippen LogP contribution >= 0.6 is 7.92 Å². The normalized spacial score (nSPS) is 11.8. The molecule has 0 aliphatic rings. The number of hydrogen-bond donors (Lipinski definition) is 0. The largest absolute Gasteiger partial charge is 0.468 e. The van der Waals surface area contributed by atoms with Gasteiger partial charge in [-0.2, -0.15) is 0 Å². The summed E-state index contributed by atoms with van der Waals surface area (Å²) in [6.45, 7) is 0. The number of hydrogen-bond acceptors (Lipinski definition) is 2. The van der Waals surface area contributed by atoms with E-state index in [4.69, 9.17) is 4.74 Å². The van der Waals surface area contributed by atoms with Gasteiger partial charge in [0, 0.05) is 0 Å². The fourth-order valence-electron chi connectivity index (χ4n) is 3.65. The minimum absolute atomic E-state index is 0.248. The van der Waals surface area contributed by atoms with Gasteiger partial charge in [0.15, 0.2) is 0 Å². The van der Waals surface area contributed by atoms with Crippen LogP contribution in [0.4, 0.5) is 0 Å². The molecule has 2 nitrogen and oxygen atoms in total. The van der Waals surface area contributed by atoms with Gasteiger partial charge >= 0.3 is 5.97 Å². The first-order valence-electron chi connectivity index (χ1n) is 9.91. The molecule has 148 valence electrons. The van der Waals surface area contributed by atoms with E-state index < -0.39 is 13.8 Å². The van der Waals surface area contributed by atoms with Crippen molar-refractivity contribution in [3.63, 3.8) is 0 Å². The third kappa shape index (κ3) is 4.35. The number of methoxy groups -OCH3 is 1. The van der Waals surface area contributed by atoms with E-state index in [9.17, 15) is 4.79 Å². The zero-order valence-electron chi connectivity index (χ0n) is 16.8. The van der Waals surface area contributed by atoms with Crippen molar-refractivity contribution in [1.82, 2.24) is 0 Å². The molecule has 0 fully saturated rings.